The van der Waals surface area contributed by atoms with Crippen LogP contribution in [0.2, 0.25) is 0 Å². The Balaban J connectivity index is 0.000000254. The average Bonchev–Trinajstić information content (AvgIpc) is 0.765. The molecule has 0 fully saturated rings. The first-order valence-electron chi connectivity index (χ1n) is 40.0. The lowest BCUT2D eigenvalue weighted by Gasteiger charge is -2.14. The smallest absolute Gasteiger partial charge is 0.201 e. The summed E-state index contributed by atoms with van der Waals surface area (Å²) >= 11 is 0. The second kappa shape index (κ2) is 26.4. The van der Waals surface area contributed by atoms with Crippen molar-refractivity contribution in [3.8, 4) is 45.0 Å². The molecule has 0 bridgehead atoms. The molecule has 0 aliphatic heterocycles. The van der Waals surface area contributed by atoms with Gasteiger partial charge in [-0.25, -0.2) is 18.3 Å². The fraction of sp³-hybridized carbons (Fsp3) is 0.405. The molecular weight excluding hydrogens is 945 g/mol. The van der Waals surface area contributed by atoms with Gasteiger partial charge in [-0.05, 0) is 234 Å². The second-order valence-electron chi connectivity index (χ2n) is 21.0. The highest BCUT2D eigenvalue weighted by molar-refractivity contribution is 5.67. The van der Waals surface area contributed by atoms with Gasteiger partial charge in [-0.1, -0.05) is 79.4 Å². The van der Waals surface area contributed by atoms with E-state index in [0.29, 0.717) is 72.3 Å². The minimum absolute atomic E-state index is 0.306. The maximum atomic E-state index is 8.39. The molecule has 0 radical (unpaired) electrons. The largest absolute Gasteiger partial charge is 0.212 e. The Labute approximate surface area is 514 Å². The lowest BCUT2D eigenvalue weighted by Crippen LogP contribution is -2.31. The number of aromatic nitrogens is 4. The zero-order valence-corrected chi connectivity index (χ0v) is 49.2. The van der Waals surface area contributed by atoms with Crippen LogP contribution in [0.5, 0.6) is 0 Å². The Morgan fingerprint density at radius 3 is 1.08 bits per heavy atom. The maximum Gasteiger partial charge on any atom is 0.212 e. The van der Waals surface area contributed by atoms with E-state index in [0.717, 1.165) is 72.8 Å². The molecule has 0 aliphatic rings. The van der Waals surface area contributed by atoms with Crippen molar-refractivity contribution in [2.45, 2.75) is 175 Å². The zero-order valence-electron chi connectivity index (χ0n) is 77.2. The number of hydrogen-bond donors (Lipinski definition) is 0. The first kappa shape index (κ1) is 33.2. The second-order valence-corrected chi connectivity index (χ2v) is 21.0. The van der Waals surface area contributed by atoms with Gasteiger partial charge in [0.2, 0.25) is 22.8 Å². The normalized spacial score (nSPS) is 20.7. The van der Waals surface area contributed by atoms with Gasteiger partial charge >= 0.3 is 0 Å². The number of benzene rings is 4. The minimum atomic E-state index is -2.46. The van der Waals surface area contributed by atoms with Gasteiger partial charge in [0.15, 0.2) is 24.8 Å². The van der Waals surface area contributed by atoms with Crippen LogP contribution < -0.4 is 18.3 Å². The van der Waals surface area contributed by atoms with Gasteiger partial charge in [0.05, 0.1) is 0 Å². The Bertz CT molecular complexity index is 4500. The van der Waals surface area contributed by atoms with E-state index in [1.807, 2.05) is 75.7 Å². The van der Waals surface area contributed by atoms with E-state index < -0.39 is 78.4 Å². The highest BCUT2D eigenvalue weighted by Crippen LogP contribution is 2.32. The molecule has 4 aromatic heterocycles. The third kappa shape index (κ3) is 15.0. The molecule has 78 heavy (non-hydrogen) atoms. The van der Waals surface area contributed by atoms with Crippen molar-refractivity contribution in [1.29, 1.82) is 0 Å². The van der Waals surface area contributed by atoms with Gasteiger partial charge in [0.1, 0.15) is 28.2 Å². The summed E-state index contributed by atoms with van der Waals surface area (Å²) in [5.41, 5.74) is 17.2. The first-order valence-corrected chi connectivity index (χ1v) is 26.0. The fourth-order valence-corrected chi connectivity index (χ4v) is 9.39. The number of hydrogen-bond acceptors (Lipinski definition) is 0. The van der Waals surface area contributed by atoms with Crippen molar-refractivity contribution < 1.29 is 56.6 Å². The molecule has 0 saturated heterocycles. The molecule has 4 unspecified atom stereocenters. The summed E-state index contributed by atoms with van der Waals surface area (Å²) in [6.45, 7) is 5.26. The van der Waals surface area contributed by atoms with Gasteiger partial charge in [0.25, 0.3) is 0 Å². The van der Waals surface area contributed by atoms with Gasteiger partial charge in [-0.15, -0.1) is 0 Å². The van der Waals surface area contributed by atoms with E-state index in [1.54, 1.807) is 150 Å². The molecule has 412 valence electrons. The van der Waals surface area contributed by atoms with Gasteiger partial charge < -0.3 is 0 Å². The van der Waals surface area contributed by atoms with Crippen LogP contribution in [0.25, 0.3) is 45.0 Å². The van der Waals surface area contributed by atoms with E-state index in [-0.39, 0.29) is 0 Å². The predicted molar refractivity (Wildman–Crippen MR) is 335 cm³/mol. The summed E-state index contributed by atoms with van der Waals surface area (Å²) in [5.74, 6) is -6.90. The monoisotopic (exact) mass is 1070 g/mol. The van der Waals surface area contributed by atoms with Gasteiger partial charge in [-0.2, -0.15) is 0 Å². The number of rotatable bonds is 8. The predicted octanol–water partition coefficient (Wildman–Crippen LogP) is 17.5. The average molecular weight is 1070 g/mol. The van der Waals surface area contributed by atoms with Crippen LogP contribution in [0.15, 0.2) is 110 Å². The van der Waals surface area contributed by atoms with E-state index >= 15 is 0 Å². The molecule has 0 N–H and O–H groups in total. The minimum Gasteiger partial charge on any atom is -0.201 e. The third-order valence-electron chi connectivity index (χ3n) is 14.3. The SMILES string of the molecule is [2H]C([2H])([2H])C([2H])(C)c1ccc(-c2cc(C)c(C([2H])(C)C([2H])([2H])[2H])cc2C)[n+](C)c1.[2H]C([2H])([2H])c1c[n+](C)c(-c2cc(C)c(C([2H])(C)C([2H])([2H])[2H])cc2C)cc1C.[2H]C([2H])([2H])c1cc(C)c(-c2cc(C([2H])(C)C([2H])([2H])[2H])cc[n+]2C)cc1C.[2H]C([2H])([2H])c1cc(C)c(-c2cc(C)c(C([2H])([2H])[2H])c[n+]2C)cc1C. The van der Waals surface area contributed by atoms with Crippen LogP contribution in [0.4, 0.5) is 0 Å². The topological polar surface area (TPSA) is 15.5 Å². The summed E-state index contributed by atoms with van der Waals surface area (Å²) < 4.78 is 224. The number of aryl methyl sites for hydroxylation is 18. The van der Waals surface area contributed by atoms with Crippen LogP contribution >= 0.6 is 0 Å². The zero-order chi connectivity index (χ0) is 82.0. The summed E-state index contributed by atoms with van der Waals surface area (Å²) in [7, 11) is 7.22. The van der Waals surface area contributed by atoms with Gasteiger partial charge in [0, 0.05) is 108 Å². The van der Waals surface area contributed by atoms with Crippen LogP contribution in [-0.2, 0) is 28.2 Å². The van der Waals surface area contributed by atoms with E-state index in [1.165, 1.54) is 27.7 Å². The molecular formula is C74H100N4+4. The highest BCUT2D eigenvalue weighted by atomic mass is 14.9. The van der Waals surface area contributed by atoms with Crippen molar-refractivity contribution >= 4 is 0 Å². The van der Waals surface area contributed by atoms with Crippen LogP contribution in [0, 0.1) is 96.6 Å². The molecule has 4 heterocycles. The molecule has 4 aromatic carbocycles. The fourth-order valence-electron chi connectivity index (χ4n) is 9.39. The van der Waals surface area contributed by atoms with E-state index in [4.69, 9.17) is 38.4 Å². The Morgan fingerprint density at radius 1 is 0.308 bits per heavy atom. The number of nitrogens with zero attached hydrogens (tertiary/aromatic N) is 4. The lowest BCUT2D eigenvalue weighted by atomic mass is 9.91. The summed E-state index contributed by atoms with van der Waals surface area (Å²) in [5, 5.41) is 0. The maximum absolute atomic E-state index is 8.39. The molecule has 0 saturated carbocycles. The summed E-state index contributed by atoms with van der Waals surface area (Å²) in [6.07, 6.45) is 6.63. The molecule has 4 heteroatoms. The van der Waals surface area contributed by atoms with Crippen molar-refractivity contribution in [3.05, 3.63) is 210 Å². The Kier molecular flexibility index (Phi) is 11.2. The van der Waals surface area contributed by atoms with E-state index in [9.17, 15) is 0 Å². The van der Waals surface area contributed by atoms with Crippen molar-refractivity contribution in [2.24, 2.45) is 28.2 Å². The molecule has 0 aliphatic carbocycles. The molecule has 0 amide bonds. The Hall–Kier alpha value is -6.52. The Morgan fingerprint density at radius 2 is 0.667 bits per heavy atom. The molecule has 8 aromatic rings. The first-order chi connectivity index (χ1) is 47.5. The van der Waals surface area contributed by atoms with Crippen LogP contribution in [0.3, 0.4) is 0 Å². The molecule has 4 atom stereocenters. The molecule has 4 nitrogen and oxygen atoms in total. The lowest BCUT2D eigenvalue weighted by molar-refractivity contribution is -0.661. The van der Waals surface area contributed by atoms with Crippen molar-refractivity contribution in [3.63, 3.8) is 0 Å². The summed E-state index contributed by atoms with van der Waals surface area (Å²) in [6, 6.07) is 24.7. The molecule has 0 spiro atoms. The standard InChI is InChI=1S/C20H28N.C19H26N.C18H24N.C17H22N/c1-13(2)17-8-9-20(21(7)12-17)19-11-15(5)18(14(3)4)10-16(19)6;1-12(2)17-8-15(5)18(9-14(17)4)19-10-13(3)16(6)11-20(19)7;1-12(2)16-7-8-19(6)18(11-16)17-10-14(4)13(3)9-15(17)5;1-11-7-14(4)16(8-12(11)2)17-9-13(3)15(5)10-18(17)6/h8-14H,1-7H3;8-12H,1-7H3;7-12H,1-6H3;7-10H,1-6H3/q4*+1/i1D3,3D3,13D,14D;1D3,6D3,12D;1D3,3D3,12D;1D3,5D3. The van der Waals surface area contributed by atoms with Crippen molar-refractivity contribution in [1.82, 2.24) is 0 Å². The third-order valence-corrected chi connectivity index (χ3v) is 14.3. The quantitative estimate of drug-likeness (QED) is 0.135. The molecule has 8 rings (SSSR count). The van der Waals surface area contributed by atoms with Crippen LogP contribution in [0.1, 0.15) is 217 Å². The highest BCUT2D eigenvalue weighted by Gasteiger charge is 2.20. The van der Waals surface area contributed by atoms with Crippen molar-refractivity contribution in [2.75, 3.05) is 0 Å². The van der Waals surface area contributed by atoms with Gasteiger partial charge in [-0.3, -0.25) is 0 Å². The number of pyridine rings is 4. The van der Waals surface area contributed by atoms with Crippen LogP contribution in [-0.4, -0.2) is 0 Å². The van der Waals surface area contributed by atoms with E-state index in [2.05, 4.69) is 0 Å². The summed E-state index contributed by atoms with van der Waals surface area (Å²) in [4.78, 5) is 0.